The molecule has 1 nitrogen and oxygen atoms in total. The van der Waals surface area contributed by atoms with Gasteiger partial charge in [-0.2, -0.15) is 0 Å². The van der Waals surface area contributed by atoms with Gasteiger partial charge in [0.15, 0.2) is 0 Å². The zero-order valence-electron chi connectivity index (χ0n) is 8.92. The molecule has 1 aromatic carbocycles. The van der Waals surface area contributed by atoms with Crippen LogP contribution in [0.3, 0.4) is 0 Å². The first kappa shape index (κ1) is 11.2. The molecular formula is C13H17BrO. The van der Waals surface area contributed by atoms with Gasteiger partial charge in [-0.25, -0.2) is 0 Å². The van der Waals surface area contributed by atoms with Crippen LogP contribution in [0.15, 0.2) is 28.7 Å². The van der Waals surface area contributed by atoms with Crippen LogP contribution in [0.4, 0.5) is 0 Å². The highest BCUT2D eigenvalue weighted by Crippen LogP contribution is 2.25. The van der Waals surface area contributed by atoms with Crippen molar-refractivity contribution >= 4 is 15.9 Å². The van der Waals surface area contributed by atoms with E-state index in [0.29, 0.717) is 0 Å². The lowest BCUT2D eigenvalue weighted by Gasteiger charge is -2.10. The van der Waals surface area contributed by atoms with Gasteiger partial charge in [0, 0.05) is 11.1 Å². The Hall–Kier alpha value is -0.340. The number of hydrogen-bond donors (Lipinski definition) is 0. The summed E-state index contributed by atoms with van der Waals surface area (Å²) in [6.07, 6.45) is 5.50. The Morgan fingerprint density at radius 2 is 1.93 bits per heavy atom. The number of halogens is 1. The van der Waals surface area contributed by atoms with Crippen LogP contribution in [0.1, 0.15) is 31.2 Å². The first-order valence-electron chi connectivity index (χ1n) is 5.67. The Kier molecular flexibility index (Phi) is 4.21. The first-order valence-corrected chi connectivity index (χ1v) is 6.46. The van der Waals surface area contributed by atoms with Crippen molar-refractivity contribution in [3.05, 3.63) is 34.3 Å². The minimum atomic E-state index is 0.734. The van der Waals surface area contributed by atoms with E-state index >= 15 is 0 Å². The first-order chi connectivity index (χ1) is 7.36. The second-order valence-corrected chi connectivity index (χ2v) is 5.11. The van der Waals surface area contributed by atoms with Gasteiger partial charge in [-0.15, -0.1) is 0 Å². The van der Waals surface area contributed by atoms with Gasteiger partial charge in [-0.1, -0.05) is 47.0 Å². The SMILES string of the molecule is Brc1ccccc1COCC1CCCC1. The predicted molar refractivity (Wildman–Crippen MR) is 65.8 cm³/mol. The van der Waals surface area contributed by atoms with E-state index in [1.165, 1.54) is 31.2 Å². The summed E-state index contributed by atoms with van der Waals surface area (Å²) < 4.78 is 6.90. The van der Waals surface area contributed by atoms with E-state index in [4.69, 9.17) is 4.74 Å². The minimum absolute atomic E-state index is 0.734. The van der Waals surface area contributed by atoms with Gasteiger partial charge in [0.2, 0.25) is 0 Å². The van der Waals surface area contributed by atoms with Crippen molar-refractivity contribution in [2.24, 2.45) is 5.92 Å². The molecule has 0 bridgehead atoms. The topological polar surface area (TPSA) is 9.23 Å². The third kappa shape index (κ3) is 3.32. The summed E-state index contributed by atoms with van der Waals surface area (Å²) in [4.78, 5) is 0. The Balaban J connectivity index is 1.75. The average molecular weight is 269 g/mol. The molecule has 0 amide bonds. The zero-order chi connectivity index (χ0) is 10.5. The quantitative estimate of drug-likeness (QED) is 0.797. The molecule has 0 unspecified atom stereocenters. The molecule has 0 saturated heterocycles. The fraction of sp³-hybridized carbons (Fsp3) is 0.538. The van der Waals surface area contributed by atoms with Crippen LogP contribution < -0.4 is 0 Å². The molecule has 2 heteroatoms. The molecule has 15 heavy (non-hydrogen) atoms. The van der Waals surface area contributed by atoms with Crippen LogP contribution in [0, 0.1) is 5.92 Å². The summed E-state index contributed by atoms with van der Waals surface area (Å²) in [6.45, 7) is 1.67. The Labute approximate surface area is 100.0 Å². The number of benzene rings is 1. The third-order valence-electron chi connectivity index (χ3n) is 3.04. The molecule has 0 aromatic heterocycles. The molecule has 2 rings (SSSR count). The molecular weight excluding hydrogens is 252 g/mol. The van der Waals surface area contributed by atoms with Crippen molar-refractivity contribution < 1.29 is 4.74 Å². The molecule has 0 heterocycles. The fourth-order valence-electron chi connectivity index (χ4n) is 2.13. The summed E-state index contributed by atoms with van der Waals surface area (Å²) >= 11 is 3.53. The zero-order valence-corrected chi connectivity index (χ0v) is 10.5. The predicted octanol–water partition coefficient (Wildman–Crippen LogP) is 4.16. The second kappa shape index (κ2) is 5.66. The van der Waals surface area contributed by atoms with E-state index in [9.17, 15) is 0 Å². The van der Waals surface area contributed by atoms with Crippen molar-refractivity contribution in [1.82, 2.24) is 0 Å². The highest BCUT2D eigenvalue weighted by molar-refractivity contribution is 9.10. The van der Waals surface area contributed by atoms with Crippen molar-refractivity contribution in [3.8, 4) is 0 Å². The van der Waals surface area contributed by atoms with Gasteiger partial charge in [0.25, 0.3) is 0 Å². The van der Waals surface area contributed by atoms with E-state index in [-0.39, 0.29) is 0 Å². The highest BCUT2D eigenvalue weighted by atomic mass is 79.9. The lowest BCUT2D eigenvalue weighted by molar-refractivity contribution is 0.0885. The summed E-state index contributed by atoms with van der Waals surface area (Å²) in [6, 6.07) is 8.26. The molecule has 0 aliphatic heterocycles. The maximum absolute atomic E-state index is 5.75. The summed E-state index contributed by atoms with van der Waals surface area (Å²) in [5.41, 5.74) is 1.25. The van der Waals surface area contributed by atoms with Crippen molar-refractivity contribution in [2.45, 2.75) is 32.3 Å². The lowest BCUT2D eigenvalue weighted by atomic mass is 10.1. The average Bonchev–Trinajstić information content (AvgIpc) is 2.74. The van der Waals surface area contributed by atoms with Crippen LogP contribution >= 0.6 is 15.9 Å². The van der Waals surface area contributed by atoms with E-state index in [1.807, 2.05) is 6.07 Å². The maximum Gasteiger partial charge on any atom is 0.0727 e. The maximum atomic E-state index is 5.75. The van der Waals surface area contributed by atoms with Gasteiger partial charge >= 0.3 is 0 Å². The van der Waals surface area contributed by atoms with Gasteiger partial charge in [0.1, 0.15) is 0 Å². The number of hydrogen-bond acceptors (Lipinski definition) is 1. The van der Waals surface area contributed by atoms with Crippen LogP contribution in [0.25, 0.3) is 0 Å². The van der Waals surface area contributed by atoms with Crippen LogP contribution in [0.2, 0.25) is 0 Å². The van der Waals surface area contributed by atoms with Crippen LogP contribution in [-0.4, -0.2) is 6.61 Å². The van der Waals surface area contributed by atoms with E-state index in [1.54, 1.807) is 0 Å². The summed E-state index contributed by atoms with van der Waals surface area (Å²) in [7, 11) is 0. The van der Waals surface area contributed by atoms with Gasteiger partial charge in [0.05, 0.1) is 6.61 Å². The smallest absolute Gasteiger partial charge is 0.0727 e. The van der Waals surface area contributed by atoms with Crippen molar-refractivity contribution in [2.75, 3.05) is 6.61 Å². The van der Waals surface area contributed by atoms with E-state index in [0.717, 1.165) is 23.6 Å². The molecule has 0 radical (unpaired) electrons. The summed E-state index contributed by atoms with van der Waals surface area (Å²) in [5.74, 6) is 0.812. The third-order valence-corrected chi connectivity index (χ3v) is 3.82. The van der Waals surface area contributed by atoms with Crippen molar-refractivity contribution in [1.29, 1.82) is 0 Å². The normalized spacial score (nSPS) is 17.1. The van der Waals surface area contributed by atoms with Gasteiger partial charge in [-0.3, -0.25) is 0 Å². The lowest BCUT2D eigenvalue weighted by Crippen LogP contribution is -2.05. The van der Waals surface area contributed by atoms with Crippen molar-refractivity contribution in [3.63, 3.8) is 0 Å². The molecule has 0 spiro atoms. The molecule has 0 atom stereocenters. The minimum Gasteiger partial charge on any atom is -0.376 e. The van der Waals surface area contributed by atoms with Gasteiger partial charge < -0.3 is 4.74 Å². The van der Waals surface area contributed by atoms with Crippen LogP contribution in [0.5, 0.6) is 0 Å². The Morgan fingerprint density at radius 1 is 1.20 bits per heavy atom. The Bertz CT molecular complexity index is 305. The standard InChI is InChI=1S/C13H17BrO/c14-13-8-4-3-7-12(13)10-15-9-11-5-1-2-6-11/h3-4,7-8,11H,1-2,5-6,9-10H2. The van der Waals surface area contributed by atoms with E-state index < -0.39 is 0 Å². The van der Waals surface area contributed by atoms with E-state index in [2.05, 4.69) is 34.1 Å². The molecule has 1 saturated carbocycles. The Morgan fingerprint density at radius 3 is 2.67 bits per heavy atom. The molecule has 1 aliphatic rings. The number of rotatable bonds is 4. The molecule has 82 valence electrons. The largest absolute Gasteiger partial charge is 0.376 e. The molecule has 1 aromatic rings. The monoisotopic (exact) mass is 268 g/mol. The highest BCUT2D eigenvalue weighted by Gasteiger charge is 2.14. The number of ether oxygens (including phenoxy) is 1. The molecule has 0 N–H and O–H groups in total. The second-order valence-electron chi connectivity index (χ2n) is 4.26. The van der Waals surface area contributed by atoms with Gasteiger partial charge in [-0.05, 0) is 30.4 Å². The summed E-state index contributed by atoms with van der Waals surface area (Å²) in [5, 5.41) is 0. The van der Waals surface area contributed by atoms with Crippen LogP contribution in [-0.2, 0) is 11.3 Å². The molecule has 1 aliphatic carbocycles. The fourth-order valence-corrected chi connectivity index (χ4v) is 2.53. The molecule has 1 fully saturated rings.